The van der Waals surface area contributed by atoms with Gasteiger partial charge in [-0.2, -0.15) is 0 Å². The van der Waals surface area contributed by atoms with E-state index >= 15 is 0 Å². The number of rotatable bonds is 41. The molecule has 6 nitrogen and oxygen atoms in total. The van der Waals surface area contributed by atoms with Crippen LogP contribution in [-0.4, -0.2) is 37.2 Å². The third kappa shape index (κ3) is 43.7. The first kappa shape index (κ1) is 54.6. The van der Waals surface area contributed by atoms with Crippen LogP contribution in [0.3, 0.4) is 0 Å². The van der Waals surface area contributed by atoms with Gasteiger partial charge in [-0.1, -0.05) is 170 Å². The highest BCUT2D eigenvalue weighted by atomic mass is 16.6. The van der Waals surface area contributed by atoms with Gasteiger partial charge in [0.2, 0.25) is 0 Å². The molecule has 6 heteroatoms. The molecule has 0 N–H and O–H groups in total. The fourth-order valence-corrected chi connectivity index (χ4v) is 6.02. The van der Waals surface area contributed by atoms with Crippen LogP contribution >= 0.6 is 0 Å². The number of unbranched alkanes of at least 4 members (excludes halogenated alkanes) is 16. The Balaban J connectivity index is 4.42. The molecule has 58 heavy (non-hydrogen) atoms. The minimum absolute atomic E-state index is 0.0978. The van der Waals surface area contributed by atoms with Crippen molar-refractivity contribution in [3.63, 3.8) is 0 Å². The number of carbonyl (C=O) groups excluding carboxylic acids is 3. The number of carbonyl (C=O) groups is 3. The highest BCUT2D eigenvalue weighted by Crippen LogP contribution is 2.12. The molecule has 0 rings (SSSR count). The van der Waals surface area contributed by atoms with Crippen molar-refractivity contribution >= 4 is 17.9 Å². The van der Waals surface area contributed by atoms with E-state index in [0.717, 1.165) is 128 Å². The first-order valence-electron chi connectivity index (χ1n) is 23.6. The van der Waals surface area contributed by atoms with Gasteiger partial charge in [0.15, 0.2) is 6.10 Å². The molecule has 0 aromatic carbocycles. The van der Waals surface area contributed by atoms with Crippen LogP contribution in [0.5, 0.6) is 0 Å². The van der Waals surface area contributed by atoms with E-state index in [9.17, 15) is 14.4 Å². The topological polar surface area (TPSA) is 78.9 Å². The average molecular weight is 807 g/mol. The van der Waals surface area contributed by atoms with E-state index in [4.69, 9.17) is 14.2 Å². The van der Waals surface area contributed by atoms with Crippen molar-refractivity contribution in [2.75, 3.05) is 13.2 Å². The van der Waals surface area contributed by atoms with Gasteiger partial charge in [-0.05, 0) is 103 Å². The maximum absolute atomic E-state index is 12.7. The van der Waals surface area contributed by atoms with Crippen LogP contribution in [0.1, 0.15) is 207 Å². The average Bonchev–Trinajstić information content (AvgIpc) is 3.22. The molecule has 0 aliphatic carbocycles. The summed E-state index contributed by atoms with van der Waals surface area (Å²) in [5.41, 5.74) is 0. The summed E-state index contributed by atoms with van der Waals surface area (Å²) in [6.07, 6.45) is 58.5. The fraction of sp³-hybridized carbons (Fsp3) is 0.673. The largest absolute Gasteiger partial charge is 0.462 e. The molecule has 0 saturated carbocycles. The molecule has 0 amide bonds. The van der Waals surface area contributed by atoms with Crippen LogP contribution in [-0.2, 0) is 28.6 Å². The Morgan fingerprint density at radius 1 is 0.362 bits per heavy atom. The number of ether oxygens (including phenoxy) is 3. The predicted molar refractivity (Wildman–Crippen MR) is 247 cm³/mol. The zero-order chi connectivity index (χ0) is 42.3. The molecule has 0 aliphatic rings. The standard InChI is InChI=1S/C52H86O6/c1-4-7-10-13-16-19-22-23-24-25-26-27-28-29-31-33-36-39-42-45-51(54)57-48-49(47-56-50(53)44-41-38-35-32-21-18-15-12-9-6-3)58-52(55)46-43-40-37-34-30-20-17-14-11-8-5-2/h7,10,14-19,23-24,26-27,29,31,49H,4-6,8-9,11-13,20-22,25,28,30,32-48H2,1-3H3/b10-7-,17-14-,18-15-,19-16-,24-23-,27-26-,31-29-. The lowest BCUT2D eigenvalue weighted by molar-refractivity contribution is -0.167. The van der Waals surface area contributed by atoms with Crippen LogP contribution in [0.15, 0.2) is 85.1 Å². The normalized spacial score (nSPS) is 12.8. The quantitative estimate of drug-likeness (QED) is 0.0265. The Labute approximate surface area is 356 Å². The lowest BCUT2D eigenvalue weighted by Crippen LogP contribution is -2.30. The first-order valence-corrected chi connectivity index (χ1v) is 23.6. The Hall–Kier alpha value is -3.41. The van der Waals surface area contributed by atoms with E-state index in [-0.39, 0.29) is 31.1 Å². The molecule has 0 saturated heterocycles. The number of hydrogen-bond acceptors (Lipinski definition) is 6. The highest BCUT2D eigenvalue weighted by Gasteiger charge is 2.19. The third-order valence-corrected chi connectivity index (χ3v) is 9.60. The zero-order valence-electron chi connectivity index (χ0n) is 37.5. The van der Waals surface area contributed by atoms with Gasteiger partial charge in [-0.25, -0.2) is 0 Å². The first-order chi connectivity index (χ1) is 28.5. The molecule has 330 valence electrons. The molecule has 0 bridgehead atoms. The van der Waals surface area contributed by atoms with Crippen molar-refractivity contribution in [2.45, 2.75) is 213 Å². The van der Waals surface area contributed by atoms with Crippen molar-refractivity contribution in [3.8, 4) is 0 Å². The summed E-state index contributed by atoms with van der Waals surface area (Å²) in [6.45, 7) is 6.37. The second kappa shape index (κ2) is 46.3. The summed E-state index contributed by atoms with van der Waals surface area (Å²) in [5.74, 6) is -0.961. The SMILES string of the molecule is CC/C=C\C/C=C\C/C=C\C/C=C\C/C=C\CCCCCC(=O)OCC(COC(=O)CCCCCC/C=C\CCCC)OC(=O)CCCCCCC/C=C\CCCC. The molecule has 0 aromatic heterocycles. The highest BCUT2D eigenvalue weighted by molar-refractivity contribution is 5.71. The van der Waals surface area contributed by atoms with Gasteiger partial charge in [0.25, 0.3) is 0 Å². The van der Waals surface area contributed by atoms with Crippen LogP contribution in [0.25, 0.3) is 0 Å². The zero-order valence-corrected chi connectivity index (χ0v) is 37.5. The van der Waals surface area contributed by atoms with Gasteiger partial charge in [-0.3, -0.25) is 14.4 Å². The van der Waals surface area contributed by atoms with Crippen molar-refractivity contribution in [2.24, 2.45) is 0 Å². The second-order valence-corrected chi connectivity index (χ2v) is 15.3. The molecule has 0 spiro atoms. The molecule has 0 fully saturated rings. The van der Waals surface area contributed by atoms with Crippen molar-refractivity contribution < 1.29 is 28.6 Å². The van der Waals surface area contributed by atoms with Crippen molar-refractivity contribution in [3.05, 3.63) is 85.1 Å². The van der Waals surface area contributed by atoms with Gasteiger partial charge < -0.3 is 14.2 Å². The van der Waals surface area contributed by atoms with Crippen LogP contribution in [0.4, 0.5) is 0 Å². The number of esters is 3. The van der Waals surface area contributed by atoms with E-state index in [0.29, 0.717) is 19.3 Å². The summed E-state index contributed by atoms with van der Waals surface area (Å²) < 4.78 is 16.7. The third-order valence-electron chi connectivity index (χ3n) is 9.60. The van der Waals surface area contributed by atoms with Crippen molar-refractivity contribution in [1.82, 2.24) is 0 Å². The van der Waals surface area contributed by atoms with E-state index in [1.807, 2.05) is 0 Å². The van der Waals surface area contributed by atoms with Gasteiger partial charge in [-0.15, -0.1) is 0 Å². The molecular weight excluding hydrogens is 721 g/mol. The van der Waals surface area contributed by atoms with Gasteiger partial charge in [0.1, 0.15) is 13.2 Å². The Morgan fingerprint density at radius 3 is 1.09 bits per heavy atom. The lowest BCUT2D eigenvalue weighted by Gasteiger charge is -2.18. The van der Waals surface area contributed by atoms with Gasteiger partial charge in [0.05, 0.1) is 0 Å². The molecular formula is C52H86O6. The maximum atomic E-state index is 12.7. The molecule has 0 radical (unpaired) electrons. The molecule has 0 aliphatic heterocycles. The maximum Gasteiger partial charge on any atom is 0.306 e. The van der Waals surface area contributed by atoms with Gasteiger partial charge >= 0.3 is 17.9 Å². The van der Waals surface area contributed by atoms with E-state index in [1.165, 1.54) is 38.5 Å². The van der Waals surface area contributed by atoms with E-state index in [2.05, 4.69) is 106 Å². The van der Waals surface area contributed by atoms with Crippen LogP contribution in [0.2, 0.25) is 0 Å². The van der Waals surface area contributed by atoms with Gasteiger partial charge in [0, 0.05) is 19.3 Å². The number of allylic oxidation sites excluding steroid dienone is 14. The number of hydrogen-bond donors (Lipinski definition) is 0. The Morgan fingerprint density at radius 2 is 0.672 bits per heavy atom. The Kier molecular flexibility index (Phi) is 43.6. The molecule has 1 atom stereocenters. The summed E-state index contributed by atoms with van der Waals surface area (Å²) in [4.78, 5) is 37.7. The minimum Gasteiger partial charge on any atom is -0.462 e. The van der Waals surface area contributed by atoms with Crippen LogP contribution < -0.4 is 0 Å². The Bertz CT molecular complexity index is 1160. The summed E-state index contributed by atoms with van der Waals surface area (Å²) in [7, 11) is 0. The second-order valence-electron chi connectivity index (χ2n) is 15.3. The summed E-state index contributed by atoms with van der Waals surface area (Å²) in [6, 6.07) is 0. The summed E-state index contributed by atoms with van der Waals surface area (Å²) >= 11 is 0. The summed E-state index contributed by atoms with van der Waals surface area (Å²) in [5, 5.41) is 0. The van der Waals surface area contributed by atoms with E-state index in [1.54, 1.807) is 0 Å². The molecule has 1 unspecified atom stereocenters. The fourth-order valence-electron chi connectivity index (χ4n) is 6.02. The smallest absolute Gasteiger partial charge is 0.306 e. The minimum atomic E-state index is -0.797. The molecule has 0 heterocycles. The van der Waals surface area contributed by atoms with Crippen LogP contribution in [0, 0.1) is 0 Å². The lowest BCUT2D eigenvalue weighted by atomic mass is 10.1. The van der Waals surface area contributed by atoms with E-state index < -0.39 is 6.10 Å². The molecule has 0 aromatic rings. The predicted octanol–water partition coefficient (Wildman–Crippen LogP) is 15.3. The van der Waals surface area contributed by atoms with Crippen molar-refractivity contribution in [1.29, 1.82) is 0 Å². The monoisotopic (exact) mass is 807 g/mol.